The Balaban J connectivity index is 1.90. The minimum atomic E-state index is 0.148. The van der Waals surface area contributed by atoms with Crippen molar-refractivity contribution in [1.29, 1.82) is 0 Å². The highest BCUT2D eigenvalue weighted by atomic mass is 15.2. The predicted molar refractivity (Wildman–Crippen MR) is 49.0 cm³/mol. The molecule has 0 aromatic carbocycles. The minimum absolute atomic E-state index is 0.148. The van der Waals surface area contributed by atoms with Crippen LogP contribution in [-0.4, -0.2) is 31.6 Å². The van der Waals surface area contributed by atoms with Crippen LogP contribution in [0.25, 0.3) is 0 Å². The third-order valence-corrected chi connectivity index (χ3v) is 2.09. The predicted octanol–water partition coefficient (Wildman–Crippen LogP) is -0.591. The molecule has 0 amide bonds. The van der Waals surface area contributed by atoms with Gasteiger partial charge in [0.25, 0.3) is 0 Å². The standard InChI is InChI=1S/C8H14N4/c1-3-9-7(10-4-1)8-11-5-2-6-12-8/h1,3-4,7-9,11-12H,2,5-6H2. The fraction of sp³-hybridized carbons (Fsp3) is 0.625. The molecule has 0 spiro atoms. The first kappa shape index (κ1) is 7.76. The van der Waals surface area contributed by atoms with E-state index >= 15 is 0 Å². The van der Waals surface area contributed by atoms with Crippen LogP contribution in [0.15, 0.2) is 17.3 Å². The van der Waals surface area contributed by atoms with Gasteiger partial charge < -0.3 is 5.32 Å². The molecular formula is C8H14N4. The molecule has 2 aliphatic heterocycles. The van der Waals surface area contributed by atoms with E-state index in [9.17, 15) is 0 Å². The molecule has 4 nitrogen and oxygen atoms in total. The van der Waals surface area contributed by atoms with Crippen LogP contribution in [0.3, 0.4) is 0 Å². The minimum Gasteiger partial charge on any atom is -0.367 e. The lowest BCUT2D eigenvalue weighted by molar-refractivity contribution is 0.305. The maximum atomic E-state index is 4.31. The lowest BCUT2D eigenvalue weighted by Crippen LogP contribution is -2.58. The number of aliphatic imine (C=N–C) groups is 1. The first-order valence-electron chi connectivity index (χ1n) is 4.38. The normalized spacial score (nSPS) is 30.2. The molecule has 1 fully saturated rings. The van der Waals surface area contributed by atoms with Crippen molar-refractivity contribution in [1.82, 2.24) is 16.0 Å². The molecular weight excluding hydrogens is 152 g/mol. The van der Waals surface area contributed by atoms with Crippen molar-refractivity contribution < 1.29 is 0 Å². The van der Waals surface area contributed by atoms with Crippen molar-refractivity contribution in [2.75, 3.05) is 13.1 Å². The van der Waals surface area contributed by atoms with Crippen molar-refractivity contribution in [2.45, 2.75) is 18.8 Å². The Kier molecular flexibility index (Phi) is 2.39. The molecule has 0 radical (unpaired) electrons. The lowest BCUT2D eigenvalue weighted by Gasteiger charge is -2.30. The maximum absolute atomic E-state index is 4.31. The second-order valence-electron chi connectivity index (χ2n) is 3.01. The van der Waals surface area contributed by atoms with E-state index < -0.39 is 0 Å². The highest BCUT2D eigenvalue weighted by Gasteiger charge is 2.20. The monoisotopic (exact) mass is 166 g/mol. The maximum Gasteiger partial charge on any atom is 0.147 e. The Labute approximate surface area is 72.1 Å². The number of nitrogens with zero attached hydrogens (tertiary/aromatic N) is 1. The SMILES string of the molecule is C1=CNC(C2NCCCN2)N=C1. The van der Waals surface area contributed by atoms with E-state index in [0.29, 0.717) is 0 Å². The van der Waals surface area contributed by atoms with Crippen molar-refractivity contribution >= 4 is 6.21 Å². The van der Waals surface area contributed by atoms with Crippen LogP contribution in [0.5, 0.6) is 0 Å². The van der Waals surface area contributed by atoms with Crippen LogP contribution < -0.4 is 16.0 Å². The summed E-state index contributed by atoms with van der Waals surface area (Å²) in [6, 6.07) is 0. The summed E-state index contributed by atoms with van der Waals surface area (Å²) in [5.41, 5.74) is 0. The lowest BCUT2D eigenvalue weighted by atomic mass is 10.2. The van der Waals surface area contributed by atoms with Crippen LogP contribution >= 0.6 is 0 Å². The van der Waals surface area contributed by atoms with Crippen molar-refractivity contribution in [3.63, 3.8) is 0 Å². The zero-order chi connectivity index (χ0) is 8.23. The first-order valence-corrected chi connectivity index (χ1v) is 4.38. The summed E-state index contributed by atoms with van der Waals surface area (Å²) in [5, 5.41) is 9.92. The third-order valence-electron chi connectivity index (χ3n) is 2.09. The van der Waals surface area contributed by atoms with Gasteiger partial charge in [0.05, 0.1) is 6.17 Å². The van der Waals surface area contributed by atoms with Crippen LogP contribution in [0.4, 0.5) is 0 Å². The molecule has 0 aromatic heterocycles. The van der Waals surface area contributed by atoms with Crippen LogP contribution in [0.1, 0.15) is 6.42 Å². The number of hydrogen-bond acceptors (Lipinski definition) is 4. The van der Waals surface area contributed by atoms with Gasteiger partial charge in [-0.1, -0.05) is 0 Å². The van der Waals surface area contributed by atoms with E-state index in [2.05, 4.69) is 20.9 Å². The number of allylic oxidation sites excluding steroid dienone is 1. The highest BCUT2D eigenvalue weighted by molar-refractivity contribution is 5.71. The molecule has 1 unspecified atom stereocenters. The largest absolute Gasteiger partial charge is 0.367 e. The van der Waals surface area contributed by atoms with Crippen LogP contribution in [-0.2, 0) is 0 Å². The Hall–Kier alpha value is -0.870. The van der Waals surface area contributed by atoms with E-state index in [-0.39, 0.29) is 12.3 Å². The highest BCUT2D eigenvalue weighted by Crippen LogP contribution is 1.99. The van der Waals surface area contributed by atoms with Crippen molar-refractivity contribution in [3.05, 3.63) is 12.3 Å². The van der Waals surface area contributed by atoms with E-state index in [1.807, 2.05) is 18.5 Å². The summed E-state index contributed by atoms with van der Waals surface area (Å²) >= 11 is 0. The second kappa shape index (κ2) is 3.69. The van der Waals surface area contributed by atoms with Gasteiger partial charge in [0.1, 0.15) is 6.17 Å². The van der Waals surface area contributed by atoms with Gasteiger partial charge in [0.15, 0.2) is 0 Å². The van der Waals surface area contributed by atoms with E-state index in [1.165, 1.54) is 6.42 Å². The summed E-state index contributed by atoms with van der Waals surface area (Å²) in [5.74, 6) is 0. The van der Waals surface area contributed by atoms with Gasteiger partial charge in [0, 0.05) is 6.21 Å². The molecule has 0 aromatic rings. The molecule has 2 heterocycles. The molecule has 0 aliphatic carbocycles. The summed E-state index contributed by atoms with van der Waals surface area (Å²) in [7, 11) is 0. The summed E-state index contributed by atoms with van der Waals surface area (Å²) in [6.07, 6.45) is 7.28. The zero-order valence-electron chi connectivity index (χ0n) is 6.96. The fourth-order valence-electron chi connectivity index (χ4n) is 1.46. The Bertz CT molecular complexity index is 193. The Morgan fingerprint density at radius 3 is 2.75 bits per heavy atom. The topological polar surface area (TPSA) is 48.4 Å². The summed E-state index contributed by atoms with van der Waals surface area (Å²) in [4.78, 5) is 4.31. The third kappa shape index (κ3) is 1.65. The fourth-order valence-corrected chi connectivity index (χ4v) is 1.46. The molecule has 0 saturated carbocycles. The average Bonchev–Trinajstić information content (AvgIpc) is 2.21. The average molecular weight is 166 g/mol. The molecule has 1 atom stereocenters. The Morgan fingerprint density at radius 2 is 2.08 bits per heavy atom. The Morgan fingerprint density at radius 1 is 1.25 bits per heavy atom. The van der Waals surface area contributed by atoms with Crippen LogP contribution in [0, 0.1) is 0 Å². The van der Waals surface area contributed by atoms with Crippen molar-refractivity contribution in [3.8, 4) is 0 Å². The smallest absolute Gasteiger partial charge is 0.147 e. The molecule has 4 heteroatoms. The number of rotatable bonds is 1. The molecule has 2 rings (SSSR count). The molecule has 2 aliphatic rings. The van der Waals surface area contributed by atoms with Crippen LogP contribution in [0.2, 0.25) is 0 Å². The molecule has 12 heavy (non-hydrogen) atoms. The van der Waals surface area contributed by atoms with Gasteiger partial charge in [-0.2, -0.15) is 0 Å². The molecule has 66 valence electrons. The quantitative estimate of drug-likeness (QED) is 0.488. The van der Waals surface area contributed by atoms with Gasteiger partial charge in [-0.15, -0.1) is 0 Å². The van der Waals surface area contributed by atoms with Crippen molar-refractivity contribution in [2.24, 2.45) is 4.99 Å². The first-order chi connectivity index (χ1) is 5.97. The summed E-state index contributed by atoms with van der Waals surface area (Å²) in [6.45, 7) is 2.16. The second-order valence-corrected chi connectivity index (χ2v) is 3.01. The van der Waals surface area contributed by atoms with Gasteiger partial charge in [-0.3, -0.25) is 15.6 Å². The van der Waals surface area contributed by atoms with Gasteiger partial charge >= 0.3 is 0 Å². The number of nitrogens with one attached hydrogen (secondary N) is 3. The molecule has 3 N–H and O–H groups in total. The number of hydrogen-bond donors (Lipinski definition) is 3. The molecule has 1 saturated heterocycles. The van der Waals surface area contributed by atoms with Gasteiger partial charge in [-0.05, 0) is 31.8 Å². The van der Waals surface area contributed by atoms with E-state index in [0.717, 1.165) is 13.1 Å². The summed E-state index contributed by atoms with van der Waals surface area (Å²) < 4.78 is 0. The van der Waals surface area contributed by atoms with E-state index in [1.54, 1.807) is 0 Å². The van der Waals surface area contributed by atoms with E-state index in [4.69, 9.17) is 0 Å². The molecule has 0 bridgehead atoms. The zero-order valence-corrected chi connectivity index (χ0v) is 6.96. The van der Waals surface area contributed by atoms with Gasteiger partial charge in [-0.25, -0.2) is 0 Å². The van der Waals surface area contributed by atoms with Gasteiger partial charge in [0.2, 0.25) is 0 Å².